The average molecular weight is 438 g/mol. The highest BCUT2D eigenvalue weighted by Gasteiger charge is 2.32. The first-order valence-corrected chi connectivity index (χ1v) is 9.93. The van der Waals surface area contributed by atoms with Gasteiger partial charge in [0.1, 0.15) is 5.60 Å². The van der Waals surface area contributed by atoms with Crippen molar-refractivity contribution in [3.63, 3.8) is 0 Å². The maximum absolute atomic E-state index is 13.4. The minimum atomic E-state index is -4.61. The number of alkyl carbamates (subject to hydrolysis) is 1. The molecule has 3 rings (SSSR count). The molecule has 1 heterocycles. The van der Waals surface area contributed by atoms with Gasteiger partial charge in [-0.15, -0.1) is 0 Å². The van der Waals surface area contributed by atoms with Gasteiger partial charge in [0.2, 0.25) is 5.91 Å². The van der Waals surface area contributed by atoms with E-state index in [1.54, 1.807) is 27.0 Å². The van der Waals surface area contributed by atoms with Crippen LogP contribution in [0.3, 0.4) is 0 Å². The fraction of sp³-hybridized carbons (Fsp3) is 0.476. The Balaban J connectivity index is 1.78. The topological polar surface area (TPSA) is 96.1 Å². The van der Waals surface area contributed by atoms with Crippen molar-refractivity contribution in [2.45, 2.75) is 64.3 Å². The first kappa shape index (κ1) is 22.6. The smallest absolute Gasteiger partial charge is 0.416 e. The molecule has 1 aliphatic carbocycles. The van der Waals surface area contributed by atoms with E-state index in [9.17, 15) is 22.8 Å². The summed E-state index contributed by atoms with van der Waals surface area (Å²) in [6.07, 6.45) is -1.62. The third kappa shape index (κ3) is 5.99. The van der Waals surface area contributed by atoms with Crippen molar-refractivity contribution in [1.29, 1.82) is 0 Å². The number of anilines is 1. The number of rotatable bonds is 4. The number of aryl methyl sites for hydroxylation is 1. The lowest BCUT2D eigenvalue weighted by Gasteiger charge is -2.22. The van der Waals surface area contributed by atoms with Crippen molar-refractivity contribution < 1.29 is 27.5 Å². The molecule has 0 spiro atoms. The van der Waals surface area contributed by atoms with E-state index in [0.717, 1.165) is 36.2 Å². The molecule has 0 saturated heterocycles. The van der Waals surface area contributed by atoms with E-state index in [2.05, 4.69) is 20.8 Å². The van der Waals surface area contributed by atoms with Crippen LogP contribution in [0.1, 0.15) is 61.9 Å². The number of carbonyl (C=O) groups excluding carboxylic acids is 2. The molecule has 1 unspecified atom stereocenters. The number of halogens is 3. The molecule has 2 aromatic rings. The average Bonchev–Trinajstić information content (AvgIpc) is 3.13. The first-order valence-electron chi connectivity index (χ1n) is 9.93. The lowest BCUT2D eigenvalue weighted by Crippen LogP contribution is -2.32. The van der Waals surface area contributed by atoms with Crippen molar-refractivity contribution in [2.24, 2.45) is 0 Å². The highest BCUT2D eigenvalue weighted by molar-refractivity contribution is 5.96. The predicted octanol–water partition coefficient (Wildman–Crippen LogP) is 4.51. The molecular formula is C21H25F3N4O3. The zero-order chi connectivity index (χ0) is 22.8. The van der Waals surface area contributed by atoms with Gasteiger partial charge in [-0.25, -0.2) is 4.79 Å². The molecule has 7 nitrogen and oxygen atoms in total. The first-order chi connectivity index (χ1) is 14.4. The van der Waals surface area contributed by atoms with Crippen LogP contribution in [-0.4, -0.2) is 27.8 Å². The molecule has 1 aliphatic rings. The number of nitrogens with zero attached hydrogens (tertiary/aromatic N) is 1. The Hall–Kier alpha value is -3.04. The molecule has 0 radical (unpaired) electrons. The summed E-state index contributed by atoms with van der Waals surface area (Å²) in [5.74, 6) is -0.881. The Kier molecular flexibility index (Phi) is 6.28. The lowest BCUT2D eigenvalue weighted by molar-refractivity contribution is -0.137. The zero-order valence-electron chi connectivity index (χ0n) is 17.5. The Labute approximate surface area is 177 Å². The van der Waals surface area contributed by atoms with Gasteiger partial charge in [-0.3, -0.25) is 9.89 Å². The highest BCUT2D eigenvalue weighted by atomic mass is 19.4. The maximum atomic E-state index is 13.4. The monoisotopic (exact) mass is 438 g/mol. The van der Waals surface area contributed by atoms with Gasteiger partial charge in [0.05, 0.1) is 17.7 Å². The number of fused-ring (bicyclic) bond motifs is 1. The number of aromatic nitrogens is 2. The Bertz CT molecular complexity index is 964. The van der Waals surface area contributed by atoms with Crippen molar-refractivity contribution >= 4 is 17.7 Å². The van der Waals surface area contributed by atoms with Crippen LogP contribution < -0.4 is 10.6 Å². The van der Waals surface area contributed by atoms with Crippen LogP contribution >= 0.6 is 0 Å². The number of H-pyrrole nitrogens is 1. The van der Waals surface area contributed by atoms with Crippen LogP contribution in [0.5, 0.6) is 0 Å². The molecule has 2 amide bonds. The van der Waals surface area contributed by atoms with Gasteiger partial charge in [0, 0.05) is 23.5 Å². The molecular weight excluding hydrogens is 413 g/mol. The molecule has 0 bridgehead atoms. The number of ether oxygens (including phenoxy) is 1. The summed E-state index contributed by atoms with van der Waals surface area (Å²) in [6, 6.07) is 3.22. The van der Waals surface area contributed by atoms with Gasteiger partial charge >= 0.3 is 12.3 Å². The largest absolute Gasteiger partial charge is 0.444 e. The van der Waals surface area contributed by atoms with Crippen LogP contribution in [0.4, 0.5) is 23.7 Å². The number of nitrogens with one attached hydrogen (secondary N) is 3. The van der Waals surface area contributed by atoms with Crippen LogP contribution in [0, 0.1) is 0 Å². The van der Waals surface area contributed by atoms with E-state index in [0.29, 0.717) is 6.42 Å². The molecule has 1 aromatic heterocycles. The van der Waals surface area contributed by atoms with Crippen molar-refractivity contribution in [2.75, 3.05) is 5.32 Å². The maximum Gasteiger partial charge on any atom is 0.416 e. The predicted molar refractivity (Wildman–Crippen MR) is 107 cm³/mol. The second-order valence-electron chi connectivity index (χ2n) is 8.51. The van der Waals surface area contributed by atoms with Gasteiger partial charge in [-0.2, -0.15) is 18.3 Å². The third-order valence-corrected chi connectivity index (χ3v) is 4.79. The third-order valence-electron chi connectivity index (χ3n) is 4.79. The number of hydrogen-bond acceptors (Lipinski definition) is 4. The normalized spacial score (nSPS) is 16.4. The van der Waals surface area contributed by atoms with Gasteiger partial charge in [-0.05, 0) is 63.8 Å². The van der Waals surface area contributed by atoms with Crippen LogP contribution in [0.2, 0.25) is 0 Å². The number of amides is 2. The molecule has 10 heteroatoms. The standard InChI is InChI=1S/C21H25F3N4O3/c1-20(2,3)31-19(30)25-10-12-7-13(21(22,23)24)9-14(8-12)27-18(29)15-5-4-6-17-16(15)11-26-28-17/h7-9,11,15H,4-6,10H2,1-3H3,(H,25,30)(H,26,28)(H,27,29). The molecule has 168 valence electrons. The lowest BCUT2D eigenvalue weighted by atomic mass is 9.86. The second kappa shape index (κ2) is 8.60. The summed E-state index contributed by atoms with van der Waals surface area (Å²) in [4.78, 5) is 24.6. The van der Waals surface area contributed by atoms with Crippen molar-refractivity contribution in [3.8, 4) is 0 Å². The SMILES string of the molecule is CC(C)(C)OC(=O)NCc1cc(NC(=O)C2CCCc3[nH]ncc32)cc(C(F)(F)F)c1. The zero-order valence-corrected chi connectivity index (χ0v) is 17.5. The summed E-state index contributed by atoms with van der Waals surface area (Å²) in [5.41, 5.74) is 0.183. The minimum absolute atomic E-state index is 0.0106. The summed E-state index contributed by atoms with van der Waals surface area (Å²) in [7, 11) is 0. The summed E-state index contributed by atoms with van der Waals surface area (Å²) >= 11 is 0. The van der Waals surface area contributed by atoms with E-state index >= 15 is 0 Å². The van der Waals surface area contributed by atoms with Crippen LogP contribution in [-0.2, 0) is 28.7 Å². The molecule has 31 heavy (non-hydrogen) atoms. The number of alkyl halides is 3. The number of carbonyl (C=O) groups is 2. The Morgan fingerprint density at radius 2 is 1.97 bits per heavy atom. The van der Waals surface area contributed by atoms with E-state index in [1.165, 1.54) is 6.07 Å². The van der Waals surface area contributed by atoms with Gasteiger partial charge in [0.15, 0.2) is 0 Å². The summed E-state index contributed by atoms with van der Waals surface area (Å²) in [6.45, 7) is 4.86. The quantitative estimate of drug-likeness (QED) is 0.654. The van der Waals surface area contributed by atoms with Crippen LogP contribution in [0.15, 0.2) is 24.4 Å². The van der Waals surface area contributed by atoms with Crippen molar-refractivity contribution in [3.05, 3.63) is 46.8 Å². The molecule has 3 N–H and O–H groups in total. The molecule has 0 fully saturated rings. The molecule has 0 saturated carbocycles. The van der Waals surface area contributed by atoms with Gasteiger partial charge in [0.25, 0.3) is 0 Å². The fourth-order valence-electron chi connectivity index (χ4n) is 3.48. The molecule has 0 aliphatic heterocycles. The molecule has 1 atom stereocenters. The van der Waals surface area contributed by atoms with Crippen molar-refractivity contribution in [1.82, 2.24) is 15.5 Å². The van der Waals surface area contributed by atoms with E-state index < -0.39 is 35.3 Å². The number of aromatic amines is 1. The molecule has 1 aromatic carbocycles. The Morgan fingerprint density at radius 1 is 1.23 bits per heavy atom. The van der Waals surface area contributed by atoms with Crippen LogP contribution in [0.25, 0.3) is 0 Å². The van der Waals surface area contributed by atoms with E-state index in [4.69, 9.17) is 4.74 Å². The summed E-state index contributed by atoms with van der Waals surface area (Å²) in [5, 5.41) is 11.9. The van der Waals surface area contributed by atoms with Gasteiger partial charge in [-0.1, -0.05) is 0 Å². The van der Waals surface area contributed by atoms with E-state index in [1.807, 2.05) is 0 Å². The van der Waals surface area contributed by atoms with Gasteiger partial charge < -0.3 is 15.4 Å². The minimum Gasteiger partial charge on any atom is -0.444 e. The second-order valence-corrected chi connectivity index (χ2v) is 8.51. The fourth-order valence-corrected chi connectivity index (χ4v) is 3.48. The summed E-state index contributed by atoms with van der Waals surface area (Å²) < 4.78 is 45.2. The highest BCUT2D eigenvalue weighted by Crippen LogP contribution is 2.34. The number of benzene rings is 1. The number of hydrogen-bond donors (Lipinski definition) is 3. The Morgan fingerprint density at radius 3 is 2.65 bits per heavy atom. The van der Waals surface area contributed by atoms with E-state index in [-0.39, 0.29) is 17.8 Å².